The van der Waals surface area contributed by atoms with Crippen LogP contribution in [0.15, 0.2) is 30.3 Å². The molecule has 1 aliphatic rings. The molecule has 0 radical (unpaired) electrons. The highest BCUT2D eigenvalue weighted by atomic mass is 16.6. The van der Waals surface area contributed by atoms with Gasteiger partial charge < -0.3 is 10.1 Å². The van der Waals surface area contributed by atoms with Crippen LogP contribution < -0.4 is 10.7 Å². The van der Waals surface area contributed by atoms with Crippen molar-refractivity contribution in [2.24, 2.45) is 0 Å². The zero-order valence-corrected chi connectivity index (χ0v) is 13.3. The van der Waals surface area contributed by atoms with E-state index < -0.39 is 11.7 Å². The van der Waals surface area contributed by atoms with Gasteiger partial charge in [-0.05, 0) is 32.8 Å². The van der Waals surface area contributed by atoms with Gasteiger partial charge in [-0.2, -0.15) is 0 Å². The molecule has 1 atom stereocenters. The first-order valence-corrected chi connectivity index (χ1v) is 7.43. The van der Waals surface area contributed by atoms with Crippen LogP contribution in [0.1, 0.15) is 32.8 Å². The summed E-state index contributed by atoms with van der Waals surface area (Å²) in [6, 6.07) is 9.37. The van der Waals surface area contributed by atoms with Gasteiger partial charge in [0.05, 0.1) is 0 Å². The highest BCUT2D eigenvalue weighted by Gasteiger charge is 2.36. The second kappa shape index (κ2) is 6.79. The summed E-state index contributed by atoms with van der Waals surface area (Å²) in [5.41, 5.74) is 3.10. The van der Waals surface area contributed by atoms with E-state index in [9.17, 15) is 9.59 Å². The number of carbonyl (C=O) groups is 2. The molecule has 0 aromatic heterocycles. The second-order valence-corrected chi connectivity index (χ2v) is 6.31. The van der Waals surface area contributed by atoms with E-state index in [1.165, 1.54) is 0 Å². The summed E-state index contributed by atoms with van der Waals surface area (Å²) in [5.74, 6) is -0.0915. The maximum Gasteiger partial charge on any atom is 0.422 e. The van der Waals surface area contributed by atoms with Crippen LogP contribution >= 0.6 is 0 Å². The Balaban J connectivity index is 1.78. The average molecular weight is 305 g/mol. The molecule has 2 rings (SSSR count). The van der Waals surface area contributed by atoms with E-state index in [1.54, 1.807) is 25.8 Å². The first-order valence-electron chi connectivity index (χ1n) is 7.43. The summed E-state index contributed by atoms with van der Waals surface area (Å²) >= 11 is 0. The molecule has 120 valence electrons. The van der Waals surface area contributed by atoms with E-state index in [2.05, 4.69) is 10.7 Å². The van der Waals surface area contributed by atoms with Crippen LogP contribution in [-0.4, -0.2) is 35.2 Å². The number of nitrogens with one attached hydrogen (secondary N) is 2. The molecule has 0 spiro atoms. The smallest absolute Gasteiger partial charge is 0.422 e. The van der Waals surface area contributed by atoms with Gasteiger partial charge in [0.2, 0.25) is 5.91 Å². The normalized spacial score (nSPS) is 18.2. The molecule has 0 saturated carbocycles. The van der Waals surface area contributed by atoms with Crippen LogP contribution in [0, 0.1) is 0 Å². The fraction of sp³-hybridized carbons (Fsp3) is 0.500. The van der Waals surface area contributed by atoms with Gasteiger partial charge in [0.1, 0.15) is 11.6 Å². The third-order valence-corrected chi connectivity index (χ3v) is 3.27. The molecule has 2 N–H and O–H groups in total. The zero-order chi connectivity index (χ0) is 16.2. The van der Waals surface area contributed by atoms with Gasteiger partial charge in [-0.1, -0.05) is 30.3 Å². The van der Waals surface area contributed by atoms with Gasteiger partial charge in [-0.25, -0.2) is 9.80 Å². The highest BCUT2D eigenvalue weighted by Crippen LogP contribution is 2.16. The zero-order valence-electron chi connectivity index (χ0n) is 13.3. The van der Waals surface area contributed by atoms with Crippen molar-refractivity contribution in [3.63, 3.8) is 0 Å². The third kappa shape index (κ3) is 4.73. The Morgan fingerprint density at radius 2 is 1.95 bits per heavy atom. The van der Waals surface area contributed by atoms with Crippen LogP contribution in [-0.2, 0) is 16.1 Å². The Kier molecular flexibility index (Phi) is 5.03. The predicted molar refractivity (Wildman–Crippen MR) is 82.8 cm³/mol. The number of carbonyl (C=O) groups excluding carboxylic acids is 2. The van der Waals surface area contributed by atoms with Crippen LogP contribution in [0.25, 0.3) is 0 Å². The molecule has 6 heteroatoms. The molecule has 0 unspecified atom stereocenters. The summed E-state index contributed by atoms with van der Waals surface area (Å²) in [6.45, 7) is 6.52. The molecular formula is C16H23N3O3. The van der Waals surface area contributed by atoms with Crippen molar-refractivity contribution in [2.75, 3.05) is 6.54 Å². The Labute approximate surface area is 130 Å². The lowest BCUT2D eigenvalue weighted by atomic mass is 10.1. The third-order valence-electron chi connectivity index (χ3n) is 3.27. The average Bonchev–Trinajstić information content (AvgIpc) is 2.41. The van der Waals surface area contributed by atoms with E-state index >= 15 is 0 Å². The van der Waals surface area contributed by atoms with Gasteiger partial charge in [0.25, 0.3) is 0 Å². The van der Waals surface area contributed by atoms with Crippen LogP contribution in [0.2, 0.25) is 0 Å². The van der Waals surface area contributed by atoms with Crippen molar-refractivity contribution < 1.29 is 14.3 Å². The largest absolute Gasteiger partial charge is 0.443 e. The van der Waals surface area contributed by atoms with Gasteiger partial charge in [0, 0.05) is 13.1 Å². The van der Waals surface area contributed by atoms with E-state index in [4.69, 9.17) is 4.74 Å². The number of hydrogen-bond donors (Lipinski definition) is 2. The molecule has 2 amide bonds. The van der Waals surface area contributed by atoms with Crippen molar-refractivity contribution in [3.05, 3.63) is 35.9 Å². The van der Waals surface area contributed by atoms with Gasteiger partial charge in [-0.15, -0.1) is 0 Å². The lowest BCUT2D eigenvalue weighted by Crippen LogP contribution is -2.62. The molecule has 1 fully saturated rings. The quantitative estimate of drug-likeness (QED) is 0.890. The standard InChI is InChI=1S/C16H23N3O3/c1-16(2,3)22-15(21)18-19-10-9-13(19)14(20)17-11-12-7-5-4-6-8-12/h4-8,13H,9-11H2,1-3H3,(H,17,20)(H,18,21)/t13-/m1/s1. The molecule has 1 aliphatic heterocycles. The number of benzene rings is 1. The summed E-state index contributed by atoms with van der Waals surface area (Å²) in [7, 11) is 0. The summed E-state index contributed by atoms with van der Waals surface area (Å²) < 4.78 is 5.18. The molecular weight excluding hydrogens is 282 g/mol. The van der Waals surface area contributed by atoms with Crippen molar-refractivity contribution in [2.45, 2.75) is 45.4 Å². The van der Waals surface area contributed by atoms with E-state index in [0.717, 1.165) is 12.0 Å². The molecule has 6 nitrogen and oxygen atoms in total. The Morgan fingerprint density at radius 1 is 1.27 bits per heavy atom. The first kappa shape index (κ1) is 16.3. The predicted octanol–water partition coefficient (Wildman–Crippen LogP) is 1.82. The molecule has 1 aromatic rings. The number of hydrogen-bond acceptors (Lipinski definition) is 4. The first-order chi connectivity index (χ1) is 10.3. The lowest BCUT2D eigenvalue weighted by Gasteiger charge is -2.39. The Morgan fingerprint density at radius 3 is 2.50 bits per heavy atom. The molecule has 0 bridgehead atoms. The number of ether oxygens (including phenoxy) is 1. The summed E-state index contributed by atoms with van der Waals surface area (Å²) in [5, 5.41) is 4.49. The fourth-order valence-corrected chi connectivity index (χ4v) is 2.11. The van der Waals surface area contributed by atoms with E-state index in [0.29, 0.717) is 13.1 Å². The summed E-state index contributed by atoms with van der Waals surface area (Å²) in [4.78, 5) is 23.8. The molecule has 1 saturated heterocycles. The second-order valence-electron chi connectivity index (χ2n) is 6.31. The Bertz CT molecular complexity index is 525. The topological polar surface area (TPSA) is 70.7 Å². The minimum absolute atomic E-state index is 0.0915. The maximum absolute atomic E-state index is 12.1. The van der Waals surface area contributed by atoms with E-state index in [-0.39, 0.29) is 11.9 Å². The number of hydrazine groups is 1. The van der Waals surface area contributed by atoms with Crippen molar-refractivity contribution in [1.82, 2.24) is 15.8 Å². The van der Waals surface area contributed by atoms with Gasteiger partial charge >= 0.3 is 6.09 Å². The monoisotopic (exact) mass is 305 g/mol. The molecule has 0 aliphatic carbocycles. The van der Waals surface area contributed by atoms with Crippen molar-refractivity contribution in [1.29, 1.82) is 0 Å². The highest BCUT2D eigenvalue weighted by molar-refractivity contribution is 5.83. The maximum atomic E-state index is 12.1. The van der Waals surface area contributed by atoms with Crippen LogP contribution in [0.4, 0.5) is 4.79 Å². The fourth-order valence-electron chi connectivity index (χ4n) is 2.11. The van der Waals surface area contributed by atoms with E-state index in [1.807, 2.05) is 30.3 Å². The Hall–Kier alpha value is -2.08. The number of nitrogens with zero attached hydrogens (tertiary/aromatic N) is 1. The minimum atomic E-state index is -0.556. The van der Waals surface area contributed by atoms with Gasteiger partial charge in [0.15, 0.2) is 0 Å². The van der Waals surface area contributed by atoms with Crippen LogP contribution in [0.3, 0.4) is 0 Å². The summed E-state index contributed by atoms with van der Waals surface area (Å²) in [6.07, 6.45) is 0.184. The molecule has 1 aromatic carbocycles. The van der Waals surface area contributed by atoms with Crippen molar-refractivity contribution >= 4 is 12.0 Å². The minimum Gasteiger partial charge on any atom is -0.443 e. The molecule has 22 heavy (non-hydrogen) atoms. The SMILES string of the molecule is CC(C)(C)OC(=O)NN1CC[C@@H]1C(=O)NCc1ccccc1. The molecule has 1 heterocycles. The number of amides is 2. The van der Waals surface area contributed by atoms with Crippen LogP contribution in [0.5, 0.6) is 0 Å². The lowest BCUT2D eigenvalue weighted by molar-refractivity contribution is -0.133. The van der Waals surface area contributed by atoms with Gasteiger partial charge in [-0.3, -0.25) is 10.2 Å². The van der Waals surface area contributed by atoms with Crippen molar-refractivity contribution in [3.8, 4) is 0 Å². The number of rotatable bonds is 4.